The summed E-state index contributed by atoms with van der Waals surface area (Å²) in [4.78, 5) is 21.2. The van der Waals surface area contributed by atoms with E-state index >= 15 is 0 Å². The Morgan fingerprint density at radius 3 is 2.64 bits per heavy atom. The lowest BCUT2D eigenvalue weighted by molar-refractivity contribution is -0.137. The van der Waals surface area contributed by atoms with Crippen LogP contribution in [-0.4, -0.2) is 41.1 Å². The Labute approximate surface area is 135 Å². The Bertz CT molecular complexity index is 550. The summed E-state index contributed by atoms with van der Waals surface area (Å²) in [7, 11) is 0. The Balaban J connectivity index is 1.90. The zero-order valence-electron chi connectivity index (χ0n) is 13.5. The summed E-state index contributed by atoms with van der Waals surface area (Å²) in [6.07, 6.45) is 6.11. The third-order valence-corrected chi connectivity index (χ3v) is 3.74. The van der Waals surface area contributed by atoms with Crippen LogP contribution in [0, 0.1) is 0 Å². The first kappa shape index (κ1) is 16.8. The molecule has 0 saturated heterocycles. The first-order valence-electron chi connectivity index (χ1n) is 7.23. The summed E-state index contributed by atoms with van der Waals surface area (Å²) in [6, 6.07) is 4.10. The predicted octanol–water partition coefficient (Wildman–Crippen LogP) is 3.76. The van der Waals surface area contributed by atoms with E-state index in [9.17, 15) is 4.79 Å². The van der Waals surface area contributed by atoms with Crippen molar-refractivity contribution in [2.24, 2.45) is 0 Å². The normalized spacial score (nSPS) is 16.1. The molecule has 0 atom stereocenters. The molecule has 2 rings (SSSR count). The van der Waals surface area contributed by atoms with E-state index in [4.69, 9.17) is 9.57 Å². The van der Waals surface area contributed by atoms with Crippen LogP contribution in [0.15, 0.2) is 29.4 Å². The molecule has 0 radical (unpaired) electrons. The van der Waals surface area contributed by atoms with Crippen LogP contribution in [0.25, 0.3) is 5.57 Å². The van der Waals surface area contributed by atoms with Gasteiger partial charge in [0.15, 0.2) is 0 Å². The van der Waals surface area contributed by atoms with E-state index in [1.807, 2.05) is 39.3 Å². The Hall–Kier alpha value is -1.53. The van der Waals surface area contributed by atoms with Gasteiger partial charge in [0.2, 0.25) is 0 Å². The van der Waals surface area contributed by atoms with Crippen molar-refractivity contribution in [1.82, 2.24) is 10.0 Å². The van der Waals surface area contributed by atoms with Crippen LogP contribution in [0.2, 0.25) is 0 Å². The fourth-order valence-electron chi connectivity index (χ4n) is 2.06. The number of carbonyl (C=O) groups is 1. The zero-order valence-corrected chi connectivity index (χ0v) is 14.3. The maximum Gasteiger partial charge on any atom is 0.528 e. The molecule has 0 N–H and O–H groups in total. The van der Waals surface area contributed by atoms with Gasteiger partial charge in [-0.2, -0.15) is 0 Å². The number of carbonyl (C=O) groups excluding carboxylic acids is 1. The maximum atomic E-state index is 11.6. The molecule has 1 aromatic rings. The Kier molecular flexibility index (Phi) is 5.47. The van der Waals surface area contributed by atoms with Crippen LogP contribution in [-0.2, 0) is 9.57 Å². The minimum Gasteiger partial charge on any atom is -0.427 e. The van der Waals surface area contributed by atoms with Crippen molar-refractivity contribution in [3.05, 3.63) is 30.0 Å². The van der Waals surface area contributed by atoms with Gasteiger partial charge in [-0.1, -0.05) is 12.1 Å². The van der Waals surface area contributed by atoms with Crippen molar-refractivity contribution in [2.75, 3.05) is 19.3 Å². The van der Waals surface area contributed by atoms with Crippen LogP contribution in [0.5, 0.6) is 0 Å². The summed E-state index contributed by atoms with van der Waals surface area (Å²) >= 11 is 1.63. The lowest BCUT2D eigenvalue weighted by atomic mass is 10.0. The Morgan fingerprint density at radius 1 is 1.36 bits per heavy atom. The quantitative estimate of drug-likeness (QED) is 0.624. The fourth-order valence-corrected chi connectivity index (χ4v) is 2.42. The topological polar surface area (TPSA) is 51.7 Å². The van der Waals surface area contributed by atoms with Gasteiger partial charge in [0.05, 0.1) is 11.6 Å². The average Bonchev–Trinajstić information content (AvgIpc) is 2.46. The van der Waals surface area contributed by atoms with Gasteiger partial charge in [0, 0.05) is 12.7 Å². The average molecular weight is 322 g/mol. The van der Waals surface area contributed by atoms with Crippen LogP contribution in [0.4, 0.5) is 4.79 Å². The minimum absolute atomic E-state index is 0.543. The molecule has 0 bridgehead atoms. The summed E-state index contributed by atoms with van der Waals surface area (Å²) < 4.78 is 5.14. The molecule has 0 unspecified atom stereocenters. The number of rotatable bonds is 3. The summed E-state index contributed by atoms with van der Waals surface area (Å²) in [5.41, 5.74) is 1.80. The van der Waals surface area contributed by atoms with Gasteiger partial charge in [-0.3, -0.25) is 0 Å². The second-order valence-electron chi connectivity index (χ2n) is 6.01. The summed E-state index contributed by atoms with van der Waals surface area (Å²) in [5, 5.41) is 2.62. The molecule has 0 amide bonds. The molecule has 1 aromatic heterocycles. The standard InChI is InChI=1S/C16H22N2O3S/c1-16(2,3)20-15(19)21-18-9-7-12(8-10-18)13-5-6-14(22-4)17-11-13/h5-7,11H,8-10H2,1-4H3. The molecule has 5 nitrogen and oxygen atoms in total. The molecule has 0 aromatic carbocycles. The van der Waals surface area contributed by atoms with Gasteiger partial charge in [-0.05, 0) is 50.7 Å². The molecule has 0 saturated carbocycles. The van der Waals surface area contributed by atoms with Crippen molar-refractivity contribution in [2.45, 2.75) is 37.8 Å². The van der Waals surface area contributed by atoms with Gasteiger partial charge in [-0.25, -0.2) is 9.78 Å². The lowest BCUT2D eigenvalue weighted by Gasteiger charge is -2.26. The van der Waals surface area contributed by atoms with Crippen molar-refractivity contribution >= 4 is 23.5 Å². The monoisotopic (exact) mass is 322 g/mol. The van der Waals surface area contributed by atoms with Gasteiger partial charge >= 0.3 is 6.16 Å². The van der Waals surface area contributed by atoms with Crippen molar-refractivity contribution in [1.29, 1.82) is 0 Å². The summed E-state index contributed by atoms with van der Waals surface area (Å²) in [6.45, 7) is 6.64. The third-order valence-electron chi connectivity index (χ3n) is 3.08. The number of pyridine rings is 1. The van der Waals surface area contributed by atoms with E-state index in [2.05, 4.69) is 17.1 Å². The number of thioether (sulfide) groups is 1. The number of hydrogen-bond donors (Lipinski definition) is 0. The number of hydroxylamine groups is 2. The largest absolute Gasteiger partial charge is 0.528 e. The highest BCUT2D eigenvalue weighted by molar-refractivity contribution is 7.98. The fraction of sp³-hybridized carbons (Fsp3) is 0.500. The summed E-state index contributed by atoms with van der Waals surface area (Å²) in [5.74, 6) is 0. The molecule has 120 valence electrons. The highest BCUT2D eigenvalue weighted by atomic mass is 32.2. The van der Waals surface area contributed by atoms with Crippen molar-refractivity contribution < 1.29 is 14.4 Å². The van der Waals surface area contributed by atoms with Crippen LogP contribution in [0.1, 0.15) is 32.8 Å². The van der Waals surface area contributed by atoms with Gasteiger partial charge in [0.25, 0.3) is 0 Å². The first-order valence-corrected chi connectivity index (χ1v) is 8.45. The number of nitrogens with zero attached hydrogens (tertiary/aromatic N) is 2. The van der Waals surface area contributed by atoms with E-state index in [-0.39, 0.29) is 0 Å². The first-order chi connectivity index (χ1) is 10.4. The van der Waals surface area contributed by atoms with Crippen molar-refractivity contribution in [3.8, 4) is 0 Å². The second-order valence-corrected chi connectivity index (χ2v) is 6.84. The van der Waals surface area contributed by atoms with Crippen LogP contribution < -0.4 is 0 Å². The maximum absolute atomic E-state index is 11.6. The Morgan fingerprint density at radius 2 is 2.14 bits per heavy atom. The highest BCUT2D eigenvalue weighted by Gasteiger charge is 2.22. The predicted molar refractivity (Wildman–Crippen MR) is 87.5 cm³/mol. The van der Waals surface area contributed by atoms with E-state index in [1.54, 1.807) is 16.8 Å². The zero-order chi connectivity index (χ0) is 16.2. The van der Waals surface area contributed by atoms with Gasteiger partial charge < -0.3 is 9.57 Å². The SMILES string of the molecule is CSc1ccc(C2=CCN(OC(=O)OC(C)(C)C)CC2)cn1. The number of hydrogen-bond acceptors (Lipinski definition) is 6. The molecule has 6 heteroatoms. The van der Waals surface area contributed by atoms with E-state index in [1.165, 1.54) is 5.57 Å². The van der Waals surface area contributed by atoms with E-state index < -0.39 is 11.8 Å². The molecular weight excluding hydrogens is 300 g/mol. The lowest BCUT2D eigenvalue weighted by Crippen LogP contribution is -2.34. The minimum atomic E-state index is -0.657. The van der Waals surface area contributed by atoms with Crippen LogP contribution >= 0.6 is 11.8 Å². The molecule has 1 aliphatic heterocycles. The number of aromatic nitrogens is 1. The van der Waals surface area contributed by atoms with Gasteiger partial charge in [0.1, 0.15) is 5.60 Å². The molecule has 1 aliphatic rings. The molecule has 2 heterocycles. The molecular formula is C16H22N2O3S. The molecule has 0 spiro atoms. The molecule has 0 fully saturated rings. The van der Waals surface area contributed by atoms with E-state index in [0.717, 1.165) is 17.0 Å². The van der Waals surface area contributed by atoms with Crippen molar-refractivity contribution in [3.63, 3.8) is 0 Å². The molecule has 0 aliphatic carbocycles. The highest BCUT2D eigenvalue weighted by Crippen LogP contribution is 2.23. The second kappa shape index (κ2) is 7.15. The number of ether oxygens (including phenoxy) is 1. The molecule has 22 heavy (non-hydrogen) atoms. The van der Waals surface area contributed by atoms with E-state index in [0.29, 0.717) is 13.1 Å². The third kappa shape index (κ3) is 5.03. The van der Waals surface area contributed by atoms with Gasteiger partial charge in [-0.15, -0.1) is 16.8 Å². The smallest absolute Gasteiger partial charge is 0.427 e. The van der Waals surface area contributed by atoms with Crippen LogP contribution in [0.3, 0.4) is 0 Å².